The van der Waals surface area contributed by atoms with Crippen LogP contribution in [0.5, 0.6) is 0 Å². The Morgan fingerprint density at radius 2 is 0.700 bits per heavy atom. The lowest BCUT2D eigenvalue weighted by Gasteiger charge is -2.18. The van der Waals surface area contributed by atoms with Crippen molar-refractivity contribution < 1.29 is 23.8 Å². The zero-order valence-corrected chi connectivity index (χ0v) is 40.5. The molecule has 1 atom stereocenters. The zero-order valence-electron chi connectivity index (χ0n) is 40.5. The minimum absolute atomic E-state index is 0.0798. The van der Waals surface area contributed by atoms with Crippen molar-refractivity contribution in [1.29, 1.82) is 0 Å². The van der Waals surface area contributed by atoms with Crippen LogP contribution in [0.25, 0.3) is 0 Å². The summed E-state index contributed by atoms with van der Waals surface area (Å²) >= 11 is 0. The summed E-state index contributed by atoms with van der Waals surface area (Å²) in [7, 11) is 0. The molecule has 0 aliphatic heterocycles. The molecule has 0 bridgehead atoms. The summed E-state index contributed by atoms with van der Waals surface area (Å²) in [5, 5.41) is 0. The smallest absolute Gasteiger partial charge is 0.306 e. The summed E-state index contributed by atoms with van der Waals surface area (Å²) in [5.41, 5.74) is 0. The summed E-state index contributed by atoms with van der Waals surface area (Å²) in [4.78, 5) is 25.4. The van der Waals surface area contributed by atoms with Crippen molar-refractivity contribution >= 4 is 11.9 Å². The minimum Gasteiger partial charge on any atom is -0.462 e. The van der Waals surface area contributed by atoms with Crippen molar-refractivity contribution in [3.63, 3.8) is 0 Å². The molecule has 0 saturated carbocycles. The fourth-order valence-corrected chi connectivity index (χ4v) is 7.65. The van der Waals surface area contributed by atoms with Crippen molar-refractivity contribution in [3.05, 3.63) is 36.5 Å². The van der Waals surface area contributed by atoms with E-state index >= 15 is 0 Å². The van der Waals surface area contributed by atoms with E-state index in [1.165, 1.54) is 180 Å². The Hall–Kier alpha value is -1.88. The molecular formula is C55H102O5. The SMILES string of the molecule is CCCCC/C=C\C/C=C\CCCCCCCC(=O)O[C@H](COCCCCCCCCCCCCCCCCCC)COC(=O)CCCCCCC/C=C\CCCCCC. The van der Waals surface area contributed by atoms with E-state index in [9.17, 15) is 9.59 Å². The summed E-state index contributed by atoms with van der Waals surface area (Å²) < 4.78 is 17.4. The van der Waals surface area contributed by atoms with Crippen LogP contribution in [0.2, 0.25) is 0 Å². The molecule has 0 radical (unpaired) electrons. The second-order valence-corrected chi connectivity index (χ2v) is 17.8. The number of ether oxygens (including phenoxy) is 3. The van der Waals surface area contributed by atoms with E-state index in [2.05, 4.69) is 57.2 Å². The van der Waals surface area contributed by atoms with Gasteiger partial charge in [0, 0.05) is 19.4 Å². The van der Waals surface area contributed by atoms with E-state index in [1.807, 2.05) is 0 Å². The maximum atomic E-state index is 12.8. The topological polar surface area (TPSA) is 61.8 Å². The Morgan fingerprint density at radius 3 is 1.17 bits per heavy atom. The average Bonchev–Trinajstić information content (AvgIpc) is 3.25. The van der Waals surface area contributed by atoms with Crippen LogP contribution in [0, 0.1) is 0 Å². The second-order valence-electron chi connectivity index (χ2n) is 17.8. The first-order valence-corrected chi connectivity index (χ1v) is 26.5. The van der Waals surface area contributed by atoms with Crippen LogP contribution < -0.4 is 0 Å². The number of allylic oxidation sites excluding steroid dienone is 6. The largest absolute Gasteiger partial charge is 0.462 e. The molecule has 0 aromatic rings. The zero-order chi connectivity index (χ0) is 43.5. The van der Waals surface area contributed by atoms with Crippen molar-refractivity contribution in [2.45, 2.75) is 284 Å². The third kappa shape index (κ3) is 48.8. The number of hydrogen-bond donors (Lipinski definition) is 0. The molecular weight excluding hydrogens is 741 g/mol. The van der Waals surface area contributed by atoms with Crippen LogP contribution in [-0.4, -0.2) is 37.9 Å². The lowest BCUT2D eigenvalue weighted by molar-refractivity contribution is -0.163. The maximum Gasteiger partial charge on any atom is 0.306 e. The van der Waals surface area contributed by atoms with Crippen LogP contribution in [0.4, 0.5) is 0 Å². The Balaban J connectivity index is 4.26. The molecule has 0 rings (SSSR count). The normalized spacial score (nSPS) is 12.4. The third-order valence-corrected chi connectivity index (χ3v) is 11.6. The van der Waals surface area contributed by atoms with Gasteiger partial charge in [-0.15, -0.1) is 0 Å². The highest BCUT2D eigenvalue weighted by Crippen LogP contribution is 2.15. The predicted octanol–water partition coefficient (Wildman–Crippen LogP) is 17.8. The van der Waals surface area contributed by atoms with Gasteiger partial charge in [-0.2, -0.15) is 0 Å². The summed E-state index contributed by atoms with van der Waals surface area (Å²) in [6, 6.07) is 0. The van der Waals surface area contributed by atoms with Crippen LogP contribution in [0.3, 0.4) is 0 Å². The van der Waals surface area contributed by atoms with Crippen LogP contribution in [-0.2, 0) is 23.8 Å². The number of carbonyl (C=O) groups excluding carboxylic acids is 2. The molecule has 0 aliphatic carbocycles. The van der Waals surface area contributed by atoms with Crippen molar-refractivity contribution in [3.8, 4) is 0 Å². The minimum atomic E-state index is -0.541. The molecule has 0 amide bonds. The van der Waals surface area contributed by atoms with E-state index in [4.69, 9.17) is 14.2 Å². The molecule has 0 saturated heterocycles. The lowest BCUT2D eigenvalue weighted by atomic mass is 10.0. The number of carbonyl (C=O) groups is 2. The first kappa shape index (κ1) is 58.1. The highest BCUT2D eigenvalue weighted by molar-refractivity contribution is 5.70. The van der Waals surface area contributed by atoms with Crippen LogP contribution in [0.1, 0.15) is 278 Å². The van der Waals surface area contributed by atoms with Crippen molar-refractivity contribution in [1.82, 2.24) is 0 Å². The maximum absolute atomic E-state index is 12.8. The van der Waals surface area contributed by atoms with Gasteiger partial charge >= 0.3 is 11.9 Å². The average molecular weight is 843 g/mol. The summed E-state index contributed by atoms with van der Waals surface area (Å²) in [5.74, 6) is -0.410. The molecule has 0 aliphatic rings. The van der Waals surface area contributed by atoms with Gasteiger partial charge in [-0.1, -0.05) is 224 Å². The quantitative estimate of drug-likeness (QED) is 0.0347. The molecule has 0 aromatic carbocycles. The van der Waals surface area contributed by atoms with Gasteiger partial charge in [0.05, 0.1) is 6.61 Å². The van der Waals surface area contributed by atoms with E-state index in [0.29, 0.717) is 19.4 Å². The van der Waals surface area contributed by atoms with Gasteiger partial charge in [0.1, 0.15) is 6.61 Å². The van der Waals surface area contributed by atoms with E-state index < -0.39 is 6.10 Å². The number of unbranched alkanes of at least 4 members (excludes halogenated alkanes) is 32. The van der Waals surface area contributed by atoms with Gasteiger partial charge in [-0.05, 0) is 77.0 Å². The number of esters is 2. The lowest BCUT2D eigenvalue weighted by Crippen LogP contribution is -2.30. The first-order valence-electron chi connectivity index (χ1n) is 26.5. The Labute approximate surface area is 374 Å². The highest BCUT2D eigenvalue weighted by atomic mass is 16.6. The molecule has 0 aromatic heterocycles. The van der Waals surface area contributed by atoms with Crippen LogP contribution >= 0.6 is 0 Å². The number of rotatable bonds is 49. The van der Waals surface area contributed by atoms with E-state index in [1.54, 1.807) is 0 Å². The fraction of sp³-hybridized carbons (Fsp3) is 0.855. The second kappa shape index (κ2) is 51.5. The Bertz CT molecular complexity index is 955. The van der Waals surface area contributed by atoms with Gasteiger partial charge in [-0.3, -0.25) is 9.59 Å². The molecule has 0 spiro atoms. The van der Waals surface area contributed by atoms with Gasteiger partial charge in [0.15, 0.2) is 6.10 Å². The van der Waals surface area contributed by atoms with Gasteiger partial charge < -0.3 is 14.2 Å². The van der Waals surface area contributed by atoms with Crippen molar-refractivity contribution in [2.24, 2.45) is 0 Å². The van der Waals surface area contributed by atoms with E-state index in [0.717, 1.165) is 64.2 Å². The summed E-state index contributed by atoms with van der Waals surface area (Å²) in [6.45, 7) is 7.81. The van der Waals surface area contributed by atoms with E-state index in [-0.39, 0.29) is 25.2 Å². The monoisotopic (exact) mass is 843 g/mol. The first-order chi connectivity index (χ1) is 29.6. The third-order valence-electron chi connectivity index (χ3n) is 11.6. The molecule has 5 heteroatoms. The van der Waals surface area contributed by atoms with Gasteiger partial charge in [-0.25, -0.2) is 0 Å². The Morgan fingerprint density at radius 1 is 0.367 bits per heavy atom. The Kier molecular flexibility index (Phi) is 49.9. The number of hydrogen-bond acceptors (Lipinski definition) is 5. The van der Waals surface area contributed by atoms with Gasteiger partial charge in [0.2, 0.25) is 0 Å². The summed E-state index contributed by atoms with van der Waals surface area (Å²) in [6.07, 6.45) is 61.5. The molecule has 0 unspecified atom stereocenters. The molecule has 0 heterocycles. The molecule has 352 valence electrons. The fourth-order valence-electron chi connectivity index (χ4n) is 7.65. The van der Waals surface area contributed by atoms with Crippen molar-refractivity contribution in [2.75, 3.05) is 19.8 Å². The van der Waals surface area contributed by atoms with Crippen LogP contribution in [0.15, 0.2) is 36.5 Å². The highest BCUT2D eigenvalue weighted by Gasteiger charge is 2.17. The molecule has 5 nitrogen and oxygen atoms in total. The standard InChI is InChI=1S/C55H102O5/c1-4-7-10-13-16-19-22-25-27-29-32-35-38-41-44-47-50-58-51-53(52-59-54(56)48-45-42-39-36-33-30-24-21-18-15-12-9-6-3)60-55(57)49-46-43-40-37-34-31-28-26-23-20-17-14-11-8-5-2/h17,20-21,24,26,28,53H,4-16,18-19,22-23,25,27,29-52H2,1-3H3/b20-17-,24-21-,28-26-/t53-/m1/s1. The molecule has 0 N–H and O–H groups in total. The molecule has 60 heavy (non-hydrogen) atoms. The predicted molar refractivity (Wildman–Crippen MR) is 261 cm³/mol. The molecule has 0 fully saturated rings. The van der Waals surface area contributed by atoms with Gasteiger partial charge in [0.25, 0.3) is 0 Å².